The van der Waals surface area contributed by atoms with Gasteiger partial charge in [0.05, 0.1) is 0 Å². The average molecular weight is 286 g/mol. The number of nitrogens with one attached hydrogen (secondary N) is 1. The van der Waals surface area contributed by atoms with E-state index in [1.54, 1.807) is 30.1 Å². The number of carbonyl (C=O) groups is 2. The van der Waals surface area contributed by atoms with Gasteiger partial charge >= 0.3 is 0 Å². The first-order valence-corrected chi connectivity index (χ1v) is 6.79. The van der Waals surface area contributed by atoms with Crippen molar-refractivity contribution >= 4 is 11.8 Å². The Kier molecular flexibility index (Phi) is 4.61. The molecule has 110 valence electrons. The molecule has 1 aromatic rings. The van der Waals surface area contributed by atoms with Crippen molar-refractivity contribution in [1.82, 2.24) is 10.2 Å². The van der Waals surface area contributed by atoms with Crippen molar-refractivity contribution in [1.29, 1.82) is 0 Å². The van der Waals surface area contributed by atoms with Crippen LogP contribution in [-0.4, -0.2) is 48.1 Å². The number of likely N-dealkylation sites (N-methyl/N-ethyl adjacent to an activating group) is 1. The van der Waals surface area contributed by atoms with Crippen LogP contribution in [0.5, 0.6) is 0 Å². The molecule has 0 aliphatic carbocycles. The van der Waals surface area contributed by atoms with E-state index >= 15 is 0 Å². The minimum absolute atomic E-state index is 0.0505. The number of amides is 2. The molecular formula is C16H18N2O3. The van der Waals surface area contributed by atoms with Gasteiger partial charge in [0.1, 0.15) is 12.6 Å². The SMILES string of the molecule is Cc1cc(C(=O)NC2CCN(C)C2=O)ccc1C#CCO. The zero-order valence-corrected chi connectivity index (χ0v) is 12.1. The minimum atomic E-state index is -0.434. The molecule has 1 unspecified atom stereocenters. The van der Waals surface area contributed by atoms with Gasteiger partial charge < -0.3 is 15.3 Å². The maximum atomic E-state index is 12.2. The Morgan fingerprint density at radius 2 is 2.29 bits per heavy atom. The molecule has 0 radical (unpaired) electrons. The molecule has 1 saturated heterocycles. The lowest BCUT2D eigenvalue weighted by molar-refractivity contribution is -0.128. The zero-order chi connectivity index (χ0) is 15.4. The minimum Gasteiger partial charge on any atom is -0.384 e. The summed E-state index contributed by atoms with van der Waals surface area (Å²) in [6, 6.07) is 4.72. The summed E-state index contributed by atoms with van der Waals surface area (Å²) >= 11 is 0. The zero-order valence-electron chi connectivity index (χ0n) is 12.1. The number of hydrogen-bond acceptors (Lipinski definition) is 3. The summed E-state index contributed by atoms with van der Waals surface area (Å²) in [6.07, 6.45) is 0.639. The highest BCUT2D eigenvalue weighted by Crippen LogP contribution is 2.13. The fourth-order valence-corrected chi connectivity index (χ4v) is 2.28. The van der Waals surface area contributed by atoms with Crippen LogP contribution in [0.2, 0.25) is 0 Å². The van der Waals surface area contributed by atoms with Crippen molar-refractivity contribution in [2.45, 2.75) is 19.4 Å². The van der Waals surface area contributed by atoms with Gasteiger partial charge in [0, 0.05) is 24.7 Å². The summed E-state index contributed by atoms with van der Waals surface area (Å²) < 4.78 is 0. The molecule has 2 amide bonds. The van der Waals surface area contributed by atoms with Crippen LogP contribution in [0.1, 0.15) is 27.9 Å². The van der Waals surface area contributed by atoms with Gasteiger partial charge in [0.2, 0.25) is 5.91 Å². The maximum Gasteiger partial charge on any atom is 0.251 e. The van der Waals surface area contributed by atoms with Gasteiger partial charge in [0.15, 0.2) is 0 Å². The summed E-state index contributed by atoms with van der Waals surface area (Å²) in [6.45, 7) is 2.32. The van der Waals surface area contributed by atoms with Crippen molar-refractivity contribution in [3.8, 4) is 11.8 Å². The van der Waals surface area contributed by atoms with E-state index in [1.807, 2.05) is 6.92 Å². The first-order chi connectivity index (χ1) is 10.0. The van der Waals surface area contributed by atoms with E-state index in [1.165, 1.54) is 0 Å². The molecule has 0 bridgehead atoms. The summed E-state index contributed by atoms with van der Waals surface area (Å²) in [7, 11) is 1.73. The van der Waals surface area contributed by atoms with Gasteiger partial charge in [-0.05, 0) is 37.1 Å². The molecule has 2 N–H and O–H groups in total. The Morgan fingerprint density at radius 3 is 2.86 bits per heavy atom. The molecule has 0 spiro atoms. The van der Waals surface area contributed by atoms with Crippen molar-refractivity contribution in [3.05, 3.63) is 34.9 Å². The van der Waals surface area contributed by atoms with Gasteiger partial charge in [-0.1, -0.05) is 11.8 Å². The van der Waals surface area contributed by atoms with E-state index in [-0.39, 0.29) is 18.4 Å². The number of hydrogen-bond donors (Lipinski definition) is 2. The standard InChI is InChI=1S/C16H18N2O3/c1-11-10-13(6-5-12(11)4-3-9-19)15(20)17-14-7-8-18(2)16(14)21/h5-6,10,14,19H,7-9H2,1-2H3,(H,17,20). The van der Waals surface area contributed by atoms with Crippen LogP contribution < -0.4 is 5.32 Å². The van der Waals surface area contributed by atoms with E-state index in [4.69, 9.17) is 5.11 Å². The second kappa shape index (κ2) is 6.42. The van der Waals surface area contributed by atoms with Gasteiger partial charge in [-0.2, -0.15) is 0 Å². The lowest BCUT2D eigenvalue weighted by Crippen LogP contribution is -2.40. The number of carbonyl (C=O) groups excluding carboxylic acids is 2. The van der Waals surface area contributed by atoms with Crippen molar-refractivity contribution in [2.24, 2.45) is 0 Å². The van der Waals surface area contributed by atoms with Gasteiger partial charge in [0.25, 0.3) is 5.91 Å². The first kappa shape index (κ1) is 15.1. The second-order valence-electron chi connectivity index (χ2n) is 5.06. The predicted octanol–water partition coefficient (Wildman–Crippen LogP) is 0.299. The van der Waals surface area contributed by atoms with Crippen molar-refractivity contribution in [2.75, 3.05) is 20.2 Å². The molecule has 1 atom stereocenters. The van der Waals surface area contributed by atoms with Crippen LogP contribution in [0.4, 0.5) is 0 Å². The van der Waals surface area contributed by atoms with Crippen LogP contribution in [0, 0.1) is 18.8 Å². The summed E-state index contributed by atoms with van der Waals surface area (Å²) in [5, 5.41) is 11.5. The van der Waals surface area contributed by atoms with Crippen LogP contribution >= 0.6 is 0 Å². The number of aliphatic hydroxyl groups excluding tert-OH is 1. The molecule has 1 fully saturated rings. The summed E-state index contributed by atoms with van der Waals surface area (Å²) in [5.74, 6) is 5.09. The topological polar surface area (TPSA) is 69.6 Å². The molecule has 21 heavy (non-hydrogen) atoms. The third-order valence-corrected chi connectivity index (χ3v) is 3.52. The summed E-state index contributed by atoms with van der Waals surface area (Å²) in [4.78, 5) is 25.6. The lowest BCUT2D eigenvalue weighted by Gasteiger charge is -2.12. The average Bonchev–Trinajstić information content (AvgIpc) is 2.78. The molecule has 5 nitrogen and oxygen atoms in total. The molecule has 0 aromatic heterocycles. The Balaban J connectivity index is 2.10. The van der Waals surface area contributed by atoms with E-state index in [0.29, 0.717) is 18.5 Å². The number of nitrogens with zero attached hydrogens (tertiary/aromatic N) is 1. The quantitative estimate of drug-likeness (QED) is 0.768. The highest BCUT2D eigenvalue weighted by Gasteiger charge is 2.30. The second-order valence-corrected chi connectivity index (χ2v) is 5.06. The number of aliphatic hydroxyl groups is 1. The number of rotatable bonds is 2. The molecule has 5 heteroatoms. The van der Waals surface area contributed by atoms with E-state index in [2.05, 4.69) is 17.2 Å². The molecule has 0 saturated carbocycles. The number of benzene rings is 1. The maximum absolute atomic E-state index is 12.2. The van der Waals surface area contributed by atoms with Crippen molar-refractivity contribution in [3.63, 3.8) is 0 Å². The van der Waals surface area contributed by atoms with Gasteiger partial charge in [-0.15, -0.1) is 0 Å². The summed E-state index contributed by atoms with van der Waals surface area (Å²) in [5.41, 5.74) is 2.14. The molecule has 1 aromatic carbocycles. The fraction of sp³-hybridized carbons (Fsp3) is 0.375. The van der Waals surface area contributed by atoms with Crippen LogP contribution in [0.3, 0.4) is 0 Å². The number of aryl methyl sites for hydroxylation is 1. The van der Waals surface area contributed by atoms with Gasteiger partial charge in [-0.3, -0.25) is 9.59 Å². The highest BCUT2D eigenvalue weighted by atomic mass is 16.2. The van der Waals surface area contributed by atoms with Crippen LogP contribution in [-0.2, 0) is 4.79 Å². The lowest BCUT2D eigenvalue weighted by atomic mass is 10.0. The third kappa shape index (κ3) is 3.41. The molecule has 2 rings (SSSR count). The number of likely N-dealkylation sites (tertiary alicyclic amines) is 1. The smallest absolute Gasteiger partial charge is 0.251 e. The first-order valence-electron chi connectivity index (χ1n) is 6.79. The Hall–Kier alpha value is -2.32. The van der Waals surface area contributed by atoms with Crippen LogP contribution in [0.15, 0.2) is 18.2 Å². The monoisotopic (exact) mass is 286 g/mol. The molecule has 1 aliphatic rings. The Labute approximate surface area is 124 Å². The Bertz CT molecular complexity index is 628. The third-order valence-electron chi connectivity index (χ3n) is 3.52. The van der Waals surface area contributed by atoms with Crippen molar-refractivity contribution < 1.29 is 14.7 Å². The normalized spacial score (nSPS) is 17.4. The highest BCUT2D eigenvalue weighted by molar-refractivity contribution is 5.98. The van der Waals surface area contributed by atoms with E-state index < -0.39 is 6.04 Å². The van der Waals surface area contributed by atoms with E-state index in [0.717, 1.165) is 11.1 Å². The fourth-order valence-electron chi connectivity index (χ4n) is 2.28. The van der Waals surface area contributed by atoms with E-state index in [9.17, 15) is 9.59 Å². The predicted molar refractivity (Wildman–Crippen MR) is 78.7 cm³/mol. The van der Waals surface area contributed by atoms with Gasteiger partial charge in [-0.25, -0.2) is 0 Å². The molecular weight excluding hydrogens is 268 g/mol. The Morgan fingerprint density at radius 1 is 1.52 bits per heavy atom. The molecule has 1 aliphatic heterocycles. The molecule has 1 heterocycles. The van der Waals surface area contributed by atoms with Crippen LogP contribution in [0.25, 0.3) is 0 Å². The largest absolute Gasteiger partial charge is 0.384 e.